The summed E-state index contributed by atoms with van der Waals surface area (Å²) in [6.07, 6.45) is 0. The van der Waals surface area contributed by atoms with E-state index in [1.54, 1.807) is 18.2 Å². The van der Waals surface area contributed by atoms with Gasteiger partial charge in [0.15, 0.2) is 0 Å². The molecule has 2 rings (SSSR count). The second kappa shape index (κ2) is 5.18. The lowest BCUT2D eigenvalue weighted by Gasteiger charge is -2.10. The summed E-state index contributed by atoms with van der Waals surface area (Å²) < 4.78 is 19.1. The van der Waals surface area contributed by atoms with Crippen molar-refractivity contribution < 1.29 is 9.13 Å². The minimum Gasteiger partial charge on any atom is -0.457 e. The van der Waals surface area contributed by atoms with Crippen molar-refractivity contribution in [2.24, 2.45) is 5.73 Å². The van der Waals surface area contributed by atoms with E-state index in [4.69, 9.17) is 15.9 Å². The molecule has 0 spiro atoms. The van der Waals surface area contributed by atoms with E-state index in [0.29, 0.717) is 17.1 Å². The zero-order chi connectivity index (χ0) is 13.1. The van der Waals surface area contributed by atoms with Crippen LogP contribution in [-0.2, 0) is 0 Å². The average molecular weight is 309 g/mol. The van der Waals surface area contributed by atoms with Gasteiger partial charge < -0.3 is 10.5 Å². The maximum absolute atomic E-state index is 12.8. The molecule has 0 aliphatic rings. The monoisotopic (exact) mass is 308 g/mol. The Morgan fingerprint density at radius 1 is 1.17 bits per heavy atom. The Balaban J connectivity index is 2.34. The first-order valence-corrected chi connectivity index (χ1v) is 5.93. The van der Waals surface area contributed by atoms with Gasteiger partial charge in [0.1, 0.15) is 23.2 Å². The molecule has 0 atom stereocenters. The molecular formula is C13H10BrFN2O. The molecule has 0 bridgehead atoms. The third-order valence-electron chi connectivity index (χ3n) is 2.27. The number of hydrogen-bond donors (Lipinski definition) is 2. The van der Waals surface area contributed by atoms with Crippen LogP contribution in [-0.4, -0.2) is 5.84 Å². The van der Waals surface area contributed by atoms with E-state index in [-0.39, 0.29) is 11.7 Å². The Hall–Kier alpha value is -1.88. The maximum atomic E-state index is 12.8. The quantitative estimate of drug-likeness (QED) is 0.671. The SMILES string of the molecule is N=C(N)c1cc(Br)ccc1Oc1ccc(F)cc1. The predicted molar refractivity (Wildman–Crippen MR) is 71.6 cm³/mol. The highest BCUT2D eigenvalue weighted by molar-refractivity contribution is 9.10. The van der Waals surface area contributed by atoms with Gasteiger partial charge in [-0.2, -0.15) is 0 Å². The minimum atomic E-state index is -0.329. The van der Waals surface area contributed by atoms with Crippen LogP contribution >= 0.6 is 15.9 Å². The van der Waals surface area contributed by atoms with Gasteiger partial charge in [0.2, 0.25) is 0 Å². The zero-order valence-corrected chi connectivity index (χ0v) is 10.9. The summed E-state index contributed by atoms with van der Waals surface area (Å²) in [6.45, 7) is 0. The summed E-state index contributed by atoms with van der Waals surface area (Å²) in [4.78, 5) is 0. The summed E-state index contributed by atoms with van der Waals surface area (Å²) in [6, 6.07) is 10.8. The van der Waals surface area contributed by atoms with E-state index in [0.717, 1.165) is 4.47 Å². The number of nitrogen functional groups attached to an aromatic ring is 1. The fraction of sp³-hybridized carbons (Fsp3) is 0. The molecule has 0 saturated carbocycles. The minimum absolute atomic E-state index is 0.0894. The highest BCUT2D eigenvalue weighted by Gasteiger charge is 2.08. The molecule has 2 aromatic carbocycles. The van der Waals surface area contributed by atoms with Crippen molar-refractivity contribution in [1.82, 2.24) is 0 Å². The van der Waals surface area contributed by atoms with Gasteiger partial charge in [-0.1, -0.05) is 15.9 Å². The molecule has 5 heteroatoms. The van der Waals surface area contributed by atoms with Crippen molar-refractivity contribution in [3.05, 3.63) is 58.3 Å². The largest absolute Gasteiger partial charge is 0.457 e. The molecule has 2 aromatic rings. The third kappa shape index (κ3) is 2.87. The summed E-state index contributed by atoms with van der Waals surface area (Å²) in [5.41, 5.74) is 5.96. The lowest BCUT2D eigenvalue weighted by atomic mass is 10.2. The Labute approximate surface area is 112 Å². The summed E-state index contributed by atoms with van der Waals surface area (Å²) >= 11 is 3.30. The lowest BCUT2D eigenvalue weighted by molar-refractivity contribution is 0.479. The third-order valence-corrected chi connectivity index (χ3v) is 2.77. The lowest BCUT2D eigenvalue weighted by Crippen LogP contribution is -2.12. The standard InChI is InChI=1S/C13H10BrFN2O/c14-8-1-6-12(11(7-8)13(16)17)18-10-4-2-9(15)3-5-10/h1-7H,(H3,16,17). The van der Waals surface area contributed by atoms with Crippen LogP contribution in [0.3, 0.4) is 0 Å². The van der Waals surface area contributed by atoms with Gasteiger partial charge in [-0.25, -0.2) is 4.39 Å². The molecular weight excluding hydrogens is 299 g/mol. The molecule has 0 heterocycles. The molecule has 0 saturated heterocycles. The van der Waals surface area contributed by atoms with Gasteiger partial charge in [0.25, 0.3) is 0 Å². The predicted octanol–water partition coefficient (Wildman–Crippen LogP) is 3.66. The van der Waals surface area contributed by atoms with E-state index in [9.17, 15) is 4.39 Å². The average Bonchev–Trinajstić information content (AvgIpc) is 2.34. The number of ether oxygens (including phenoxy) is 1. The van der Waals surface area contributed by atoms with Crippen LogP contribution in [0.5, 0.6) is 11.5 Å². The fourth-order valence-electron chi connectivity index (χ4n) is 1.43. The normalized spacial score (nSPS) is 10.1. The second-order valence-electron chi connectivity index (χ2n) is 3.61. The second-order valence-corrected chi connectivity index (χ2v) is 4.53. The summed E-state index contributed by atoms with van der Waals surface area (Å²) in [7, 11) is 0. The van der Waals surface area contributed by atoms with Gasteiger partial charge in [0, 0.05) is 4.47 Å². The molecule has 0 aliphatic heterocycles. The van der Waals surface area contributed by atoms with Crippen molar-refractivity contribution in [2.75, 3.05) is 0 Å². The first-order chi connectivity index (χ1) is 8.56. The van der Waals surface area contributed by atoms with E-state index in [2.05, 4.69) is 15.9 Å². The van der Waals surface area contributed by atoms with E-state index in [1.807, 2.05) is 0 Å². The molecule has 92 valence electrons. The first kappa shape index (κ1) is 12.6. The van der Waals surface area contributed by atoms with Crippen molar-refractivity contribution >= 4 is 21.8 Å². The zero-order valence-electron chi connectivity index (χ0n) is 9.28. The number of hydrogen-bond acceptors (Lipinski definition) is 2. The van der Waals surface area contributed by atoms with Gasteiger partial charge in [-0.05, 0) is 42.5 Å². The van der Waals surface area contributed by atoms with Crippen LogP contribution in [0.1, 0.15) is 5.56 Å². The van der Waals surface area contributed by atoms with Crippen LogP contribution in [0.25, 0.3) is 0 Å². The van der Waals surface area contributed by atoms with Gasteiger partial charge in [-0.15, -0.1) is 0 Å². The van der Waals surface area contributed by atoms with E-state index >= 15 is 0 Å². The van der Waals surface area contributed by atoms with Crippen molar-refractivity contribution in [3.63, 3.8) is 0 Å². The molecule has 18 heavy (non-hydrogen) atoms. The Morgan fingerprint density at radius 3 is 2.44 bits per heavy atom. The number of amidine groups is 1. The molecule has 3 nitrogen and oxygen atoms in total. The van der Waals surface area contributed by atoms with Crippen molar-refractivity contribution in [3.8, 4) is 11.5 Å². The number of halogens is 2. The highest BCUT2D eigenvalue weighted by Crippen LogP contribution is 2.27. The van der Waals surface area contributed by atoms with Crippen LogP contribution in [0.15, 0.2) is 46.9 Å². The molecule has 3 N–H and O–H groups in total. The number of nitrogens with two attached hydrogens (primary N) is 1. The molecule has 0 radical (unpaired) electrons. The maximum Gasteiger partial charge on any atom is 0.138 e. The van der Waals surface area contributed by atoms with Crippen LogP contribution in [0.2, 0.25) is 0 Å². The van der Waals surface area contributed by atoms with Crippen LogP contribution in [0, 0.1) is 11.2 Å². The Kier molecular flexibility index (Phi) is 3.62. The van der Waals surface area contributed by atoms with E-state index in [1.165, 1.54) is 24.3 Å². The summed E-state index contributed by atoms with van der Waals surface area (Å²) in [5, 5.41) is 7.49. The van der Waals surface area contributed by atoms with Crippen molar-refractivity contribution in [1.29, 1.82) is 5.41 Å². The Bertz CT molecular complexity index is 584. The fourth-order valence-corrected chi connectivity index (χ4v) is 1.79. The number of nitrogens with one attached hydrogen (secondary N) is 1. The van der Waals surface area contributed by atoms with E-state index < -0.39 is 0 Å². The van der Waals surface area contributed by atoms with Gasteiger partial charge in [0.05, 0.1) is 5.56 Å². The molecule has 0 unspecified atom stereocenters. The number of benzene rings is 2. The highest BCUT2D eigenvalue weighted by atomic mass is 79.9. The number of rotatable bonds is 3. The molecule has 0 aliphatic carbocycles. The van der Waals surface area contributed by atoms with Crippen LogP contribution in [0.4, 0.5) is 4.39 Å². The molecule has 0 aromatic heterocycles. The van der Waals surface area contributed by atoms with Crippen LogP contribution < -0.4 is 10.5 Å². The Morgan fingerprint density at radius 2 is 1.83 bits per heavy atom. The topological polar surface area (TPSA) is 59.1 Å². The first-order valence-electron chi connectivity index (χ1n) is 5.13. The smallest absolute Gasteiger partial charge is 0.138 e. The van der Waals surface area contributed by atoms with Crippen molar-refractivity contribution in [2.45, 2.75) is 0 Å². The summed E-state index contributed by atoms with van der Waals surface area (Å²) in [5.74, 6) is 0.525. The van der Waals surface area contributed by atoms with Gasteiger partial charge in [-0.3, -0.25) is 5.41 Å². The van der Waals surface area contributed by atoms with Gasteiger partial charge >= 0.3 is 0 Å². The molecule has 0 amide bonds. The molecule has 0 fully saturated rings.